The molecule has 0 bridgehead atoms. The smallest absolute Gasteiger partial charge is 0.0850 e. The van der Waals surface area contributed by atoms with Crippen molar-refractivity contribution in [1.82, 2.24) is 0 Å². The minimum Gasteiger partial charge on any atom is -0.373 e. The van der Waals surface area contributed by atoms with Gasteiger partial charge in [0.05, 0.1) is 25.4 Å². The van der Waals surface area contributed by atoms with Gasteiger partial charge in [-0.05, 0) is 72.2 Å². The molecule has 2 nitrogen and oxygen atoms in total. The largest absolute Gasteiger partial charge is 0.373 e. The highest BCUT2D eigenvalue weighted by atomic mass is 35.5. The van der Waals surface area contributed by atoms with Crippen molar-refractivity contribution in [3.63, 3.8) is 0 Å². The van der Waals surface area contributed by atoms with Gasteiger partial charge in [0.1, 0.15) is 0 Å². The van der Waals surface area contributed by atoms with Gasteiger partial charge in [-0.2, -0.15) is 0 Å². The number of benzene rings is 2. The summed E-state index contributed by atoms with van der Waals surface area (Å²) in [6.45, 7) is 1.67. The Bertz CT molecular complexity index is 804. The maximum absolute atomic E-state index is 6.49. The second-order valence-electron chi connectivity index (χ2n) is 7.93. The van der Waals surface area contributed by atoms with E-state index in [4.69, 9.17) is 55.9 Å². The first kappa shape index (κ1) is 21.7. The normalized spacial score (nSPS) is 20.1. The van der Waals surface area contributed by atoms with Crippen molar-refractivity contribution in [1.29, 1.82) is 0 Å². The number of epoxide rings is 2. The van der Waals surface area contributed by atoms with E-state index in [0.717, 1.165) is 68.2 Å². The molecule has 6 heteroatoms. The first-order chi connectivity index (χ1) is 14.0. The van der Waals surface area contributed by atoms with E-state index in [-0.39, 0.29) is 0 Å². The van der Waals surface area contributed by atoms with Crippen LogP contribution in [0.1, 0.15) is 41.5 Å². The van der Waals surface area contributed by atoms with Crippen molar-refractivity contribution in [3.8, 4) is 0 Å². The minimum atomic E-state index is 0.323. The molecule has 2 aliphatic heterocycles. The molecule has 4 rings (SSSR count). The minimum absolute atomic E-state index is 0.323. The van der Waals surface area contributed by atoms with Gasteiger partial charge in [-0.15, -0.1) is 0 Å². The van der Waals surface area contributed by atoms with Gasteiger partial charge in [0, 0.05) is 32.9 Å². The van der Waals surface area contributed by atoms with Crippen LogP contribution in [0, 0.1) is 0 Å². The highest BCUT2D eigenvalue weighted by molar-refractivity contribution is 6.35. The maximum Gasteiger partial charge on any atom is 0.0850 e. The average Bonchev–Trinajstić information content (AvgIpc) is 3.55. The molecule has 0 spiro atoms. The van der Waals surface area contributed by atoms with Gasteiger partial charge in [0.15, 0.2) is 0 Å². The summed E-state index contributed by atoms with van der Waals surface area (Å²) in [6.07, 6.45) is 7.60. The Hall–Kier alpha value is -0.480. The molecule has 0 aromatic heterocycles. The van der Waals surface area contributed by atoms with Crippen LogP contribution in [0.4, 0.5) is 0 Å². The molecular formula is C23H24Cl4O2. The molecule has 2 aromatic carbocycles. The summed E-state index contributed by atoms with van der Waals surface area (Å²) >= 11 is 25.4. The first-order valence-corrected chi connectivity index (χ1v) is 11.7. The van der Waals surface area contributed by atoms with Gasteiger partial charge in [-0.3, -0.25) is 0 Å². The quantitative estimate of drug-likeness (QED) is 0.270. The summed E-state index contributed by atoms with van der Waals surface area (Å²) in [5.41, 5.74) is 4.86. The van der Waals surface area contributed by atoms with Crippen molar-refractivity contribution in [3.05, 3.63) is 66.6 Å². The molecule has 2 saturated heterocycles. The van der Waals surface area contributed by atoms with E-state index in [0.29, 0.717) is 22.3 Å². The van der Waals surface area contributed by atoms with E-state index in [1.807, 2.05) is 24.3 Å². The third-order valence-electron chi connectivity index (χ3n) is 5.56. The lowest BCUT2D eigenvalue weighted by Crippen LogP contribution is -2.02. The molecule has 0 aliphatic carbocycles. The fraction of sp³-hybridized carbons (Fsp3) is 0.478. The van der Waals surface area contributed by atoms with Crippen LogP contribution >= 0.6 is 46.4 Å². The molecule has 2 atom stereocenters. The SMILES string of the molecule is Clc1cc(Cl)c(CCCCCc2c(Cl)cc(Cl)cc2CC2CO2)c(CC2CO2)c1. The Labute approximate surface area is 192 Å². The number of ether oxygens (including phenoxy) is 2. The van der Waals surface area contributed by atoms with Crippen LogP contribution in [-0.4, -0.2) is 25.4 Å². The lowest BCUT2D eigenvalue weighted by Gasteiger charge is -2.13. The Morgan fingerprint density at radius 2 is 1.07 bits per heavy atom. The van der Waals surface area contributed by atoms with Crippen LogP contribution in [0.5, 0.6) is 0 Å². The van der Waals surface area contributed by atoms with Crippen LogP contribution in [0.15, 0.2) is 24.3 Å². The molecule has 0 N–H and O–H groups in total. The van der Waals surface area contributed by atoms with Gasteiger partial charge in [0.2, 0.25) is 0 Å². The molecule has 0 radical (unpaired) electrons. The third-order valence-corrected chi connectivity index (χ3v) is 6.67. The van der Waals surface area contributed by atoms with Crippen LogP contribution in [-0.2, 0) is 35.2 Å². The molecular weight excluding hydrogens is 450 g/mol. The monoisotopic (exact) mass is 472 g/mol. The van der Waals surface area contributed by atoms with E-state index in [2.05, 4.69) is 0 Å². The Balaban J connectivity index is 1.33. The molecule has 2 aliphatic rings. The molecule has 0 saturated carbocycles. The fourth-order valence-electron chi connectivity index (χ4n) is 3.88. The van der Waals surface area contributed by atoms with Crippen molar-refractivity contribution in [2.24, 2.45) is 0 Å². The Kier molecular flexibility index (Phi) is 7.32. The van der Waals surface area contributed by atoms with Crippen LogP contribution in [0.2, 0.25) is 20.1 Å². The number of hydrogen-bond acceptors (Lipinski definition) is 2. The summed E-state index contributed by atoms with van der Waals surface area (Å²) in [6, 6.07) is 7.75. The number of unbranched alkanes of at least 4 members (excludes halogenated alkanes) is 2. The molecule has 0 amide bonds. The van der Waals surface area contributed by atoms with Gasteiger partial charge in [-0.25, -0.2) is 0 Å². The van der Waals surface area contributed by atoms with E-state index in [1.54, 1.807) is 0 Å². The summed E-state index contributed by atoms with van der Waals surface area (Å²) in [7, 11) is 0. The average molecular weight is 474 g/mol. The van der Waals surface area contributed by atoms with Crippen LogP contribution in [0.3, 0.4) is 0 Å². The molecule has 29 heavy (non-hydrogen) atoms. The van der Waals surface area contributed by atoms with E-state index in [1.165, 1.54) is 22.3 Å². The predicted octanol–water partition coefficient (Wildman–Crippen LogP) is 7.14. The zero-order chi connectivity index (χ0) is 20.4. The second-order valence-corrected chi connectivity index (χ2v) is 9.62. The molecule has 2 fully saturated rings. The van der Waals surface area contributed by atoms with Crippen molar-refractivity contribution in [2.45, 2.75) is 57.2 Å². The number of rotatable bonds is 10. The standard InChI is InChI=1S/C23H24Cl4O2/c24-16-6-14(8-18-12-28-18)20(22(26)10-16)4-2-1-3-5-21-15(9-19-13-29-19)7-17(25)11-23(21)27/h6-7,10-11,18-19H,1-5,8-9,12-13H2. The topological polar surface area (TPSA) is 25.1 Å². The lowest BCUT2D eigenvalue weighted by atomic mass is 9.95. The third kappa shape index (κ3) is 6.26. The first-order valence-electron chi connectivity index (χ1n) is 10.2. The molecule has 2 aromatic rings. The van der Waals surface area contributed by atoms with Gasteiger partial charge in [0.25, 0.3) is 0 Å². The van der Waals surface area contributed by atoms with E-state index >= 15 is 0 Å². The highest BCUT2D eigenvalue weighted by Gasteiger charge is 2.25. The fourth-order valence-corrected chi connectivity index (χ4v) is 5.14. The summed E-state index contributed by atoms with van der Waals surface area (Å²) in [4.78, 5) is 0. The highest BCUT2D eigenvalue weighted by Crippen LogP contribution is 2.32. The van der Waals surface area contributed by atoms with E-state index in [9.17, 15) is 0 Å². The van der Waals surface area contributed by atoms with Crippen LogP contribution < -0.4 is 0 Å². The summed E-state index contributed by atoms with van der Waals surface area (Å²) in [5.74, 6) is 0. The summed E-state index contributed by atoms with van der Waals surface area (Å²) in [5, 5.41) is 2.92. The molecule has 2 heterocycles. The zero-order valence-corrected chi connectivity index (χ0v) is 19.2. The van der Waals surface area contributed by atoms with Crippen molar-refractivity contribution in [2.75, 3.05) is 13.2 Å². The van der Waals surface area contributed by atoms with Crippen LogP contribution in [0.25, 0.3) is 0 Å². The predicted molar refractivity (Wildman–Crippen MR) is 121 cm³/mol. The van der Waals surface area contributed by atoms with Crippen molar-refractivity contribution >= 4 is 46.4 Å². The maximum atomic E-state index is 6.49. The molecule has 156 valence electrons. The lowest BCUT2D eigenvalue weighted by molar-refractivity contribution is 0.407. The van der Waals surface area contributed by atoms with Gasteiger partial charge in [-0.1, -0.05) is 52.8 Å². The Morgan fingerprint density at radius 3 is 1.45 bits per heavy atom. The molecule has 2 unspecified atom stereocenters. The zero-order valence-electron chi connectivity index (χ0n) is 16.2. The van der Waals surface area contributed by atoms with Gasteiger partial charge < -0.3 is 9.47 Å². The summed E-state index contributed by atoms with van der Waals surface area (Å²) < 4.78 is 10.8. The van der Waals surface area contributed by atoms with Crippen molar-refractivity contribution < 1.29 is 9.47 Å². The number of hydrogen-bond donors (Lipinski definition) is 0. The second kappa shape index (κ2) is 9.77. The number of halogens is 4. The van der Waals surface area contributed by atoms with Gasteiger partial charge >= 0.3 is 0 Å². The Morgan fingerprint density at radius 1 is 0.655 bits per heavy atom. The van der Waals surface area contributed by atoms with E-state index < -0.39 is 0 Å².